The summed E-state index contributed by atoms with van der Waals surface area (Å²) in [5.41, 5.74) is 1.71. The molecule has 0 atom stereocenters. The van der Waals surface area contributed by atoms with E-state index in [2.05, 4.69) is 33.6 Å². The van der Waals surface area contributed by atoms with E-state index in [0.29, 0.717) is 18.1 Å². The standard InChI is InChI=1S/C15H17N5/c1-2-7-17-15-18-8-6-14(20-15)19-11-13-5-3-4-12(9-13)10-16/h3-6,8-9H,2,7,11H2,1H3,(H2,17,18,19,20). The molecule has 1 aromatic carbocycles. The zero-order valence-electron chi connectivity index (χ0n) is 11.4. The van der Waals surface area contributed by atoms with Crippen LogP contribution in [0.1, 0.15) is 24.5 Å². The highest BCUT2D eigenvalue weighted by Gasteiger charge is 1.99. The van der Waals surface area contributed by atoms with Crippen LogP contribution in [0.5, 0.6) is 0 Å². The molecule has 2 aromatic rings. The van der Waals surface area contributed by atoms with Gasteiger partial charge in [-0.1, -0.05) is 19.1 Å². The van der Waals surface area contributed by atoms with E-state index < -0.39 is 0 Å². The van der Waals surface area contributed by atoms with Crippen molar-refractivity contribution in [2.75, 3.05) is 17.2 Å². The van der Waals surface area contributed by atoms with Gasteiger partial charge in [0.15, 0.2) is 0 Å². The Morgan fingerprint density at radius 2 is 2.15 bits per heavy atom. The van der Waals surface area contributed by atoms with Gasteiger partial charge in [-0.15, -0.1) is 0 Å². The fraction of sp³-hybridized carbons (Fsp3) is 0.267. The Bertz CT molecular complexity index is 603. The molecule has 2 N–H and O–H groups in total. The lowest BCUT2D eigenvalue weighted by Crippen LogP contribution is -2.07. The summed E-state index contributed by atoms with van der Waals surface area (Å²) in [5.74, 6) is 1.39. The highest BCUT2D eigenvalue weighted by molar-refractivity contribution is 5.41. The number of benzene rings is 1. The van der Waals surface area contributed by atoms with Gasteiger partial charge in [-0.25, -0.2) is 4.98 Å². The Labute approximate surface area is 118 Å². The van der Waals surface area contributed by atoms with E-state index in [4.69, 9.17) is 5.26 Å². The highest BCUT2D eigenvalue weighted by atomic mass is 15.1. The second-order valence-electron chi connectivity index (χ2n) is 4.36. The van der Waals surface area contributed by atoms with Gasteiger partial charge in [-0.3, -0.25) is 0 Å². The van der Waals surface area contributed by atoms with Gasteiger partial charge in [0.05, 0.1) is 11.6 Å². The van der Waals surface area contributed by atoms with Crippen molar-refractivity contribution in [3.05, 3.63) is 47.7 Å². The molecule has 0 radical (unpaired) electrons. The smallest absolute Gasteiger partial charge is 0.224 e. The van der Waals surface area contributed by atoms with Gasteiger partial charge >= 0.3 is 0 Å². The van der Waals surface area contributed by atoms with Crippen LogP contribution in [0.25, 0.3) is 0 Å². The molecule has 2 rings (SSSR count). The predicted octanol–water partition coefficient (Wildman–Crippen LogP) is 2.78. The highest BCUT2D eigenvalue weighted by Crippen LogP contribution is 2.09. The SMILES string of the molecule is CCCNc1nccc(NCc2cccc(C#N)c2)n1. The van der Waals surface area contributed by atoms with Gasteiger partial charge in [0.25, 0.3) is 0 Å². The van der Waals surface area contributed by atoms with E-state index in [-0.39, 0.29) is 0 Å². The summed E-state index contributed by atoms with van der Waals surface area (Å²) in [5, 5.41) is 15.2. The van der Waals surface area contributed by atoms with E-state index >= 15 is 0 Å². The van der Waals surface area contributed by atoms with Crippen LogP contribution in [0.3, 0.4) is 0 Å². The molecule has 0 amide bonds. The van der Waals surface area contributed by atoms with E-state index in [1.807, 2.05) is 24.3 Å². The fourth-order valence-corrected chi connectivity index (χ4v) is 1.72. The number of rotatable bonds is 6. The van der Waals surface area contributed by atoms with Crippen LogP contribution in [-0.2, 0) is 6.54 Å². The lowest BCUT2D eigenvalue weighted by molar-refractivity contribution is 0.950. The Morgan fingerprint density at radius 1 is 1.25 bits per heavy atom. The largest absolute Gasteiger partial charge is 0.366 e. The summed E-state index contributed by atoms with van der Waals surface area (Å²) in [6, 6.07) is 11.5. The molecular formula is C15H17N5. The summed E-state index contributed by atoms with van der Waals surface area (Å²) < 4.78 is 0. The third kappa shape index (κ3) is 3.95. The fourth-order valence-electron chi connectivity index (χ4n) is 1.72. The number of nitrogens with one attached hydrogen (secondary N) is 2. The molecule has 0 unspecified atom stereocenters. The number of nitriles is 1. The molecule has 20 heavy (non-hydrogen) atoms. The van der Waals surface area contributed by atoms with Crippen LogP contribution in [0.15, 0.2) is 36.5 Å². The molecule has 0 saturated carbocycles. The molecule has 5 nitrogen and oxygen atoms in total. The minimum Gasteiger partial charge on any atom is -0.366 e. The topological polar surface area (TPSA) is 73.6 Å². The molecule has 0 aliphatic heterocycles. The van der Waals surface area contributed by atoms with Crippen LogP contribution in [0, 0.1) is 11.3 Å². The van der Waals surface area contributed by atoms with E-state index in [9.17, 15) is 0 Å². The van der Waals surface area contributed by atoms with Crippen molar-refractivity contribution in [2.45, 2.75) is 19.9 Å². The molecule has 0 aliphatic carbocycles. The molecular weight excluding hydrogens is 250 g/mol. The zero-order valence-corrected chi connectivity index (χ0v) is 11.4. The maximum Gasteiger partial charge on any atom is 0.224 e. The number of aromatic nitrogens is 2. The molecule has 0 bridgehead atoms. The number of anilines is 2. The Kier molecular flexibility index (Phi) is 4.90. The minimum absolute atomic E-state index is 0.625. The molecule has 0 saturated heterocycles. The van der Waals surface area contributed by atoms with Crippen molar-refractivity contribution in [1.82, 2.24) is 9.97 Å². The third-order valence-electron chi connectivity index (χ3n) is 2.72. The first-order valence-corrected chi connectivity index (χ1v) is 6.61. The van der Waals surface area contributed by atoms with Gasteiger partial charge in [0.2, 0.25) is 5.95 Å². The minimum atomic E-state index is 0.625. The van der Waals surface area contributed by atoms with Crippen molar-refractivity contribution in [2.24, 2.45) is 0 Å². The number of hydrogen-bond acceptors (Lipinski definition) is 5. The maximum absolute atomic E-state index is 8.87. The monoisotopic (exact) mass is 267 g/mol. The van der Waals surface area contributed by atoms with Gasteiger partial charge in [-0.2, -0.15) is 10.2 Å². The first-order valence-electron chi connectivity index (χ1n) is 6.61. The average molecular weight is 267 g/mol. The van der Waals surface area contributed by atoms with Gasteiger partial charge < -0.3 is 10.6 Å². The van der Waals surface area contributed by atoms with Crippen LogP contribution in [0.4, 0.5) is 11.8 Å². The molecule has 0 fully saturated rings. The van der Waals surface area contributed by atoms with Crippen molar-refractivity contribution in [3.63, 3.8) is 0 Å². The van der Waals surface area contributed by atoms with Gasteiger partial charge in [0, 0.05) is 19.3 Å². The average Bonchev–Trinajstić information content (AvgIpc) is 2.51. The molecule has 1 aromatic heterocycles. The molecule has 0 aliphatic rings. The summed E-state index contributed by atoms with van der Waals surface area (Å²) in [6.07, 6.45) is 2.75. The van der Waals surface area contributed by atoms with Crippen LogP contribution < -0.4 is 10.6 Å². The van der Waals surface area contributed by atoms with Crippen LogP contribution >= 0.6 is 0 Å². The first-order chi connectivity index (χ1) is 9.81. The Balaban J connectivity index is 1.98. The van der Waals surface area contributed by atoms with E-state index in [0.717, 1.165) is 24.3 Å². The van der Waals surface area contributed by atoms with Crippen molar-refractivity contribution in [3.8, 4) is 6.07 Å². The second-order valence-corrected chi connectivity index (χ2v) is 4.36. The van der Waals surface area contributed by atoms with E-state index in [1.54, 1.807) is 12.3 Å². The second kappa shape index (κ2) is 7.10. The predicted molar refractivity (Wildman–Crippen MR) is 79.3 cm³/mol. The summed E-state index contributed by atoms with van der Waals surface area (Å²) in [7, 11) is 0. The van der Waals surface area contributed by atoms with Crippen molar-refractivity contribution < 1.29 is 0 Å². The molecule has 1 heterocycles. The van der Waals surface area contributed by atoms with Crippen LogP contribution in [-0.4, -0.2) is 16.5 Å². The van der Waals surface area contributed by atoms with Crippen molar-refractivity contribution >= 4 is 11.8 Å². The number of hydrogen-bond donors (Lipinski definition) is 2. The summed E-state index contributed by atoms with van der Waals surface area (Å²) in [4.78, 5) is 8.52. The van der Waals surface area contributed by atoms with Gasteiger partial charge in [-0.05, 0) is 30.2 Å². The molecule has 5 heteroatoms. The number of nitrogens with zero attached hydrogens (tertiary/aromatic N) is 3. The van der Waals surface area contributed by atoms with Crippen molar-refractivity contribution in [1.29, 1.82) is 5.26 Å². The normalized spacial score (nSPS) is 9.80. The van der Waals surface area contributed by atoms with Crippen LogP contribution in [0.2, 0.25) is 0 Å². The lowest BCUT2D eigenvalue weighted by Gasteiger charge is -2.08. The first kappa shape index (κ1) is 13.8. The summed E-state index contributed by atoms with van der Waals surface area (Å²) >= 11 is 0. The molecule has 102 valence electrons. The quantitative estimate of drug-likeness (QED) is 0.842. The zero-order chi connectivity index (χ0) is 14.2. The Morgan fingerprint density at radius 3 is 2.95 bits per heavy atom. The summed E-state index contributed by atoms with van der Waals surface area (Å²) in [6.45, 7) is 3.57. The maximum atomic E-state index is 8.87. The lowest BCUT2D eigenvalue weighted by atomic mass is 10.1. The van der Waals surface area contributed by atoms with Gasteiger partial charge in [0.1, 0.15) is 5.82 Å². The molecule has 0 spiro atoms. The third-order valence-corrected chi connectivity index (χ3v) is 2.72. The Hall–Kier alpha value is -2.61. The van der Waals surface area contributed by atoms with E-state index in [1.165, 1.54) is 0 Å².